The molecule has 24 heavy (non-hydrogen) atoms. The summed E-state index contributed by atoms with van der Waals surface area (Å²) in [6, 6.07) is 8.20. The summed E-state index contributed by atoms with van der Waals surface area (Å²) >= 11 is 0. The zero-order valence-electron chi connectivity index (χ0n) is 14.8. The number of rotatable bonds is 5. The van der Waals surface area contributed by atoms with Gasteiger partial charge in [0.05, 0.1) is 18.8 Å². The zero-order chi connectivity index (χ0) is 16.9. The number of carbonyl (C=O) groups is 1. The number of ether oxygens (including phenoxy) is 1. The number of anilines is 1. The van der Waals surface area contributed by atoms with Gasteiger partial charge in [-0.3, -0.25) is 14.6 Å². The number of nitrogens with zero attached hydrogens (tertiary/aromatic N) is 2. The number of hydrogen-bond donors (Lipinski definition) is 1. The van der Waals surface area contributed by atoms with Crippen molar-refractivity contribution in [2.45, 2.75) is 44.7 Å². The molecule has 2 aliphatic rings. The van der Waals surface area contributed by atoms with Crippen molar-refractivity contribution in [2.24, 2.45) is 0 Å². The van der Waals surface area contributed by atoms with Gasteiger partial charge in [0.2, 0.25) is 5.91 Å². The predicted molar refractivity (Wildman–Crippen MR) is 96.5 cm³/mol. The van der Waals surface area contributed by atoms with Gasteiger partial charge in [0.1, 0.15) is 5.75 Å². The van der Waals surface area contributed by atoms with Gasteiger partial charge in [-0.05, 0) is 31.9 Å². The van der Waals surface area contributed by atoms with E-state index >= 15 is 0 Å². The van der Waals surface area contributed by atoms with Crippen molar-refractivity contribution < 1.29 is 9.53 Å². The lowest BCUT2D eigenvalue weighted by Crippen LogP contribution is -2.54. The number of amides is 1. The molecule has 132 valence electrons. The summed E-state index contributed by atoms with van der Waals surface area (Å²) in [5.74, 6) is 0.734. The van der Waals surface area contributed by atoms with E-state index in [4.69, 9.17) is 4.74 Å². The van der Waals surface area contributed by atoms with Gasteiger partial charge in [0.25, 0.3) is 0 Å². The Morgan fingerprint density at radius 2 is 1.83 bits per heavy atom. The Hall–Kier alpha value is -1.59. The Balaban J connectivity index is 1.52. The monoisotopic (exact) mass is 331 g/mol. The van der Waals surface area contributed by atoms with Gasteiger partial charge in [-0.1, -0.05) is 25.0 Å². The topological polar surface area (TPSA) is 44.8 Å². The zero-order valence-corrected chi connectivity index (χ0v) is 14.8. The molecular formula is C19H29N3O2. The first kappa shape index (κ1) is 17.2. The second kappa shape index (κ2) is 7.99. The molecule has 1 heterocycles. The van der Waals surface area contributed by atoms with Crippen LogP contribution in [0.2, 0.25) is 0 Å². The largest absolute Gasteiger partial charge is 0.495 e. The van der Waals surface area contributed by atoms with E-state index in [0.717, 1.165) is 37.9 Å². The van der Waals surface area contributed by atoms with Gasteiger partial charge in [0, 0.05) is 32.2 Å². The number of piperazine rings is 1. The van der Waals surface area contributed by atoms with E-state index in [1.807, 2.05) is 31.2 Å². The molecule has 1 atom stereocenters. The number of nitrogens with one attached hydrogen (secondary N) is 1. The van der Waals surface area contributed by atoms with E-state index in [0.29, 0.717) is 5.75 Å². The average Bonchev–Trinajstić information content (AvgIpc) is 3.16. The maximum absolute atomic E-state index is 12.6. The molecule has 1 N–H and O–H groups in total. The Kier molecular flexibility index (Phi) is 5.74. The first-order valence-electron chi connectivity index (χ1n) is 9.11. The van der Waals surface area contributed by atoms with Crippen molar-refractivity contribution in [3.8, 4) is 5.75 Å². The highest BCUT2D eigenvalue weighted by Crippen LogP contribution is 2.25. The first-order valence-corrected chi connectivity index (χ1v) is 9.11. The van der Waals surface area contributed by atoms with Crippen LogP contribution in [0, 0.1) is 0 Å². The van der Waals surface area contributed by atoms with Gasteiger partial charge < -0.3 is 10.1 Å². The normalized spacial score (nSPS) is 21.6. The molecule has 1 amide bonds. The van der Waals surface area contributed by atoms with E-state index in [-0.39, 0.29) is 11.9 Å². The highest BCUT2D eigenvalue weighted by atomic mass is 16.5. The number of para-hydroxylation sites is 2. The Morgan fingerprint density at radius 3 is 2.50 bits per heavy atom. The van der Waals surface area contributed by atoms with E-state index in [9.17, 15) is 4.79 Å². The summed E-state index contributed by atoms with van der Waals surface area (Å²) in [7, 11) is 1.62. The quantitative estimate of drug-likeness (QED) is 0.901. The third-order valence-electron chi connectivity index (χ3n) is 5.48. The van der Waals surface area contributed by atoms with Gasteiger partial charge in [-0.15, -0.1) is 0 Å². The molecular weight excluding hydrogens is 302 g/mol. The van der Waals surface area contributed by atoms with Crippen LogP contribution in [0.5, 0.6) is 5.75 Å². The molecule has 0 aromatic heterocycles. The fourth-order valence-corrected chi connectivity index (χ4v) is 3.91. The first-order chi connectivity index (χ1) is 11.7. The Labute approximate surface area is 145 Å². The van der Waals surface area contributed by atoms with Crippen molar-refractivity contribution in [2.75, 3.05) is 38.6 Å². The lowest BCUT2D eigenvalue weighted by molar-refractivity contribution is -0.121. The highest BCUT2D eigenvalue weighted by Gasteiger charge is 2.30. The van der Waals surface area contributed by atoms with Gasteiger partial charge in [-0.2, -0.15) is 0 Å². The predicted octanol–water partition coefficient (Wildman–Crippen LogP) is 2.58. The molecule has 1 saturated carbocycles. The molecule has 5 heteroatoms. The van der Waals surface area contributed by atoms with Crippen LogP contribution in [0.15, 0.2) is 24.3 Å². The van der Waals surface area contributed by atoms with Crippen LogP contribution in [-0.2, 0) is 4.79 Å². The van der Waals surface area contributed by atoms with Gasteiger partial charge in [0.15, 0.2) is 0 Å². The molecule has 1 saturated heterocycles. The van der Waals surface area contributed by atoms with Crippen molar-refractivity contribution in [1.82, 2.24) is 9.80 Å². The number of hydrogen-bond acceptors (Lipinski definition) is 4. The SMILES string of the molecule is COc1ccccc1NC(=O)C(C)N1CCN(C2CCCC2)CC1. The number of benzene rings is 1. The van der Waals surface area contributed by atoms with Gasteiger partial charge >= 0.3 is 0 Å². The van der Waals surface area contributed by atoms with Crippen molar-refractivity contribution in [3.63, 3.8) is 0 Å². The Bertz CT molecular complexity index is 549. The van der Waals surface area contributed by atoms with Crippen LogP contribution in [0.3, 0.4) is 0 Å². The average molecular weight is 331 g/mol. The minimum atomic E-state index is -0.124. The standard InChI is InChI=1S/C19H29N3O2/c1-15(19(23)20-17-9-5-6-10-18(17)24-2)21-11-13-22(14-12-21)16-7-3-4-8-16/h5-6,9-10,15-16H,3-4,7-8,11-14H2,1-2H3,(H,20,23). The van der Waals surface area contributed by atoms with Crippen molar-refractivity contribution in [1.29, 1.82) is 0 Å². The molecule has 1 unspecified atom stereocenters. The van der Waals surface area contributed by atoms with Gasteiger partial charge in [-0.25, -0.2) is 0 Å². The van der Waals surface area contributed by atoms with Crippen LogP contribution in [-0.4, -0.2) is 61.1 Å². The second-order valence-corrected chi connectivity index (χ2v) is 6.88. The molecule has 2 fully saturated rings. The fourth-order valence-electron chi connectivity index (χ4n) is 3.91. The fraction of sp³-hybridized carbons (Fsp3) is 0.632. The van der Waals surface area contributed by atoms with E-state index in [1.54, 1.807) is 7.11 Å². The summed E-state index contributed by atoms with van der Waals surface area (Å²) in [5.41, 5.74) is 0.737. The molecule has 1 aromatic carbocycles. The molecule has 0 spiro atoms. The number of carbonyl (C=O) groups excluding carboxylic acids is 1. The minimum Gasteiger partial charge on any atom is -0.495 e. The molecule has 0 bridgehead atoms. The van der Waals surface area contributed by atoms with Crippen molar-refractivity contribution >= 4 is 11.6 Å². The van der Waals surface area contributed by atoms with Crippen LogP contribution < -0.4 is 10.1 Å². The lowest BCUT2D eigenvalue weighted by Gasteiger charge is -2.40. The van der Waals surface area contributed by atoms with Crippen LogP contribution in [0.1, 0.15) is 32.6 Å². The molecule has 3 rings (SSSR count). The van der Waals surface area contributed by atoms with E-state index in [2.05, 4.69) is 15.1 Å². The molecule has 0 radical (unpaired) electrons. The van der Waals surface area contributed by atoms with Crippen LogP contribution >= 0.6 is 0 Å². The summed E-state index contributed by atoms with van der Waals surface area (Å²) in [5, 5.41) is 3.01. The third-order valence-corrected chi connectivity index (χ3v) is 5.48. The lowest BCUT2D eigenvalue weighted by atomic mass is 10.1. The summed E-state index contributed by atoms with van der Waals surface area (Å²) < 4.78 is 5.31. The number of methoxy groups -OCH3 is 1. The third kappa shape index (κ3) is 3.90. The van der Waals surface area contributed by atoms with E-state index in [1.165, 1.54) is 25.7 Å². The smallest absolute Gasteiger partial charge is 0.241 e. The Morgan fingerprint density at radius 1 is 1.17 bits per heavy atom. The summed E-state index contributed by atoms with van der Waals surface area (Å²) in [4.78, 5) is 17.5. The van der Waals surface area contributed by atoms with Crippen LogP contribution in [0.25, 0.3) is 0 Å². The minimum absolute atomic E-state index is 0.0359. The van der Waals surface area contributed by atoms with Crippen molar-refractivity contribution in [3.05, 3.63) is 24.3 Å². The summed E-state index contributed by atoms with van der Waals surface area (Å²) in [6.45, 7) is 6.10. The summed E-state index contributed by atoms with van der Waals surface area (Å²) in [6.07, 6.45) is 5.46. The second-order valence-electron chi connectivity index (χ2n) is 6.88. The highest BCUT2D eigenvalue weighted by molar-refractivity contribution is 5.95. The molecule has 1 aliphatic carbocycles. The maximum Gasteiger partial charge on any atom is 0.241 e. The maximum atomic E-state index is 12.6. The molecule has 1 aliphatic heterocycles. The molecule has 1 aromatic rings. The molecule has 5 nitrogen and oxygen atoms in total. The van der Waals surface area contributed by atoms with Crippen LogP contribution in [0.4, 0.5) is 5.69 Å². The van der Waals surface area contributed by atoms with E-state index < -0.39 is 0 Å².